The summed E-state index contributed by atoms with van der Waals surface area (Å²) >= 11 is 3.67. The van der Waals surface area contributed by atoms with E-state index in [9.17, 15) is 4.79 Å². The molecule has 0 aromatic carbocycles. The number of furan rings is 1. The van der Waals surface area contributed by atoms with Gasteiger partial charge in [0.1, 0.15) is 5.76 Å². The van der Waals surface area contributed by atoms with Gasteiger partial charge in [-0.2, -0.15) is 0 Å². The van der Waals surface area contributed by atoms with Crippen molar-refractivity contribution in [3.8, 4) is 0 Å². The predicted octanol–water partition coefficient (Wildman–Crippen LogP) is 3.41. The molecule has 17 heavy (non-hydrogen) atoms. The number of alkyl halides is 1. The van der Waals surface area contributed by atoms with Crippen LogP contribution in [0, 0.1) is 6.92 Å². The third-order valence-electron chi connectivity index (χ3n) is 3.21. The molecular weight excluding hydrogens is 282 g/mol. The molecule has 2 rings (SSSR count). The van der Waals surface area contributed by atoms with Crippen molar-refractivity contribution in [2.24, 2.45) is 0 Å². The molecule has 2 atom stereocenters. The lowest BCUT2D eigenvalue weighted by molar-refractivity contribution is 0.0905. The standard InChI is InChI=1S/C13H18BrNO2/c1-9-7-8-12(17-9)13(16)15-11-6-4-2-3-5-10(11)14/h7-8,10-11H,2-6H2,1H3,(H,15,16). The summed E-state index contributed by atoms with van der Waals surface area (Å²) in [4.78, 5) is 12.3. The third-order valence-corrected chi connectivity index (χ3v) is 4.31. The van der Waals surface area contributed by atoms with Crippen LogP contribution in [0.4, 0.5) is 0 Å². The molecule has 1 amide bonds. The first-order valence-corrected chi connectivity index (χ1v) is 7.10. The molecule has 0 radical (unpaired) electrons. The van der Waals surface area contributed by atoms with Crippen molar-refractivity contribution in [2.45, 2.75) is 49.9 Å². The summed E-state index contributed by atoms with van der Waals surface area (Å²) in [5.41, 5.74) is 0. The van der Waals surface area contributed by atoms with E-state index >= 15 is 0 Å². The van der Waals surface area contributed by atoms with E-state index in [1.165, 1.54) is 19.3 Å². The van der Waals surface area contributed by atoms with Crippen LogP contribution in [0.3, 0.4) is 0 Å². The molecule has 1 fully saturated rings. The number of rotatable bonds is 2. The summed E-state index contributed by atoms with van der Waals surface area (Å²) in [7, 11) is 0. The fraction of sp³-hybridized carbons (Fsp3) is 0.615. The van der Waals surface area contributed by atoms with Crippen molar-refractivity contribution in [3.63, 3.8) is 0 Å². The molecule has 0 bridgehead atoms. The summed E-state index contributed by atoms with van der Waals surface area (Å²) in [6.07, 6.45) is 5.85. The second kappa shape index (κ2) is 5.71. The number of amides is 1. The van der Waals surface area contributed by atoms with Crippen LogP contribution < -0.4 is 5.32 Å². The van der Waals surface area contributed by atoms with Crippen LogP contribution in [0.1, 0.15) is 48.4 Å². The Morgan fingerprint density at radius 2 is 2.12 bits per heavy atom. The van der Waals surface area contributed by atoms with Crippen molar-refractivity contribution in [1.29, 1.82) is 0 Å². The molecule has 2 unspecified atom stereocenters. The van der Waals surface area contributed by atoms with Gasteiger partial charge in [-0.25, -0.2) is 0 Å². The van der Waals surface area contributed by atoms with Gasteiger partial charge < -0.3 is 9.73 Å². The van der Waals surface area contributed by atoms with Gasteiger partial charge in [0.15, 0.2) is 5.76 Å². The number of hydrogen-bond acceptors (Lipinski definition) is 2. The van der Waals surface area contributed by atoms with Crippen LogP contribution >= 0.6 is 15.9 Å². The summed E-state index contributed by atoms with van der Waals surface area (Å²) in [6, 6.07) is 3.76. The van der Waals surface area contributed by atoms with Gasteiger partial charge in [-0.05, 0) is 31.9 Å². The topological polar surface area (TPSA) is 42.2 Å². The largest absolute Gasteiger partial charge is 0.456 e. The lowest BCUT2D eigenvalue weighted by atomic mass is 10.1. The van der Waals surface area contributed by atoms with E-state index in [-0.39, 0.29) is 11.9 Å². The minimum absolute atomic E-state index is 0.102. The van der Waals surface area contributed by atoms with Crippen LogP contribution in [0.15, 0.2) is 16.5 Å². The molecule has 1 N–H and O–H groups in total. The molecular formula is C13H18BrNO2. The maximum absolute atomic E-state index is 12.0. The number of nitrogens with one attached hydrogen (secondary N) is 1. The van der Waals surface area contributed by atoms with E-state index in [1.54, 1.807) is 6.07 Å². The minimum atomic E-state index is -0.102. The molecule has 3 nitrogen and oxygen atoms in total. The first kappa shape index (κ1) is 12.7. The molecule has 1 saturated carbocycles. The quantitative estimate of drug-likeness (QED) is 0.672. The molecule has 1 aliphatic carbocycles. The number of carbonyl (C=O) groups is 1. The van der Waals surface area contributed by atoms with Crippen LogP contribution in [0.2, 0.25) is 0 Å². The van der Waals surface area contributed by atoms with Gasteiger partial charge in [0.2, 0.25) is 0 Å². The van der Waals surface area contributed by atoms with E-state index in [2.05, 4.69) is 21.2 Å². The highest BCUT2D eigenvalue weighted by atomic mass is 79.9. The Bertz CT molecular complexity index is 389. The number of hydrogen-bond donors (Lipinski definition) is 1. The number of aryl methyl sites for hydroxylation is 1. The van der Waals surface area contributed by atoms with Gasteiger partial charge in [-0.3, -0.25) is 4.79 Å². The normalized spacial score (nSPS) is 25.3. The number of carbonyl (C=O) groups excluding carboxylic acids is 1. The molecule has 4 heteroatoms. The second-order valence-corrected chi connectivity index (χ2v) is 5.82. The van der Waals surface area contributed by atoms with Crippen LogP contribution in [0.5, 0.6) is 0 Å². The average molecular weight is 300 g/mol. The number of halogens is 1. The zero-order valence-electron chi connectivity index (χ0n) is 10.0. The van der Waals surface area contributed by atoms with E-state index < -0.39 is 0 Å². The molecule has 0 saturated heterocycles. The smallest absolute Gasteiger partial charge is 0.287 e. The Morgan fingerprint density at radius 1 is 1.35 bits per heavy atom. The molecule has 0 aliphatic heterocycles. The second-order valence-electron chi connectivity index (χ2n) is 4.64. The Morgan fingerprint density at radius 3 is 2.82 bits per heavy atom. The van der Waals surface area contributed by atoms with Gasteiger partial charge in [0, 0.05) is 10.9 Å². The molecule has 1 aromatic heterocycles. The van der Waals surface area contributed by atoms with Gasteiger partial charge >= 0.3 is 0 Å². The Hall–Kier alpha value is -0.770. The van der Waals surface area contributed by atoms with E-state index in [1.807, 2.05) is 13.0 Å². The van der Waals surface area contributed by atoms with Crippen molar-refractivity contribution in [3.05, 3.63) is 23.7 Å². The van der Waals surface area contributed by atoms with Gasteiger partial charge in [0.25, 0.3) is 5.91 Å². The molecule has 94 valence electrons. The van der Waals surface area contributed by atoms with Crippen LogP contribution in [-0.2, 0) is 0 Å². The summed E-state index contributed by atoms with van der Waals surface area (Å²) in [6.45, 7) is 1.84. The summed E-state index contributed by atoms with van der Waals surface area (Å²) < 4.78 is 5.33. The third kappa shape index (κ3) is 3.35. The monoisotopic (exact) mass is 299 g/mol. The van der Waals surface area contributed by atoms with E-state index in [0.29, 0.717) is 10.6 Å². The summed E-state index contributed by atoms with van der Waals surface area (Å²) in [5, 5.41) is 3.06. The van der Waals surface area contributed by atoms with Gasteiger partial charge in [-0.15, -0.1) is 0 Å². The highest BCUT2D eigenvalue weighted by molar-refractivity contribution is 9.09. The maximum atomic E-state index is 12.0. The highest BCUT2D eigenvalue weighted by Gasteiger charge is 2.24. The minimum Gasteiger partial charge on any atom is -0.456 e. The van der Waals surface area contributed by atoms with Crippen molar-refractivity contribution in [1.82, 2.24) is 5.32 Å². The molecule has 1 heterocycles. The molecule has 1 aromatic rings. The zero-order chi connectivity index (χ0) is 12.3. The van der Waals surface area contributed by atoms with Crippen molar-refractivity contribution < 1.29 is 9.21 Å². The van der Waals surface area contributed by atoms with Crippen molar-refractivity contribution >= 4 is 21.8 Å². The highest BCUT2D eigenvalue weighted by Crippen LogP contribution is 2.24. The Labute approximate surface area is 110 Å². The van der Waals surface area contributed by atoms with Gasteiger partial charge in [0.05, 0.1) is 0 Å². The first-order valence-electron chi connectivity index (χ1n) is 6.18. The van der Waals surface area contributed by atoms with E-state index in [4.69, 9.17) is 4.42 Å². The first-order chi connectivity index (χ1) is 8.16. The maximum Gasteiger partial charge on any atom is 0.287 e. The fourth-order valence-corrected chi connectivity index (χ4v) is 2.94. The van der Waals surface area contributed by atoms with E-state index in [0.717, 1.165) is 18.6 Å². The Kier molecular flexibility index (Phi) is 4.26. The molecule has 1 aliphatic rings. The van der Waals surface area contributed by atoms with Crippen LogP contribution in [-0.4, -0.2) is 16.8 Å². The van der Waals surface area contributed by atoms with Crippen molar-refractivity contribution in [2.75, 3.05) is 0 Å². The lowest BCUT2D eigenvalue weighted by Gasteiger charge is -2.20. The lowest BCUT2D eigenvalue weighted by Crippen LogP contribution is -2.40. The predicted molar refractivity (Wildman–Crippen MR) is 70.5 cm³/mol. The fourth-order valence-electron chi connectivity index (χ4n) is 2.22. The average Bonchev–Trinajstić information content (AvgIpc) is 2.63. The van der Waals surface area contributed by atoms with Gasteiger partial charge in [-0.1, -0.05) is 35.2 Å². The van der Waals surface area contributed by atoms with Crippen LogP contribution in [0.25, 0.3) is 0 Å². The zero-order valence-corrected chi connectivity index (χ0v) is 11.6. The summed E-state index contributed by atoms with van der Waals surface area (Å²) in [5.74, 6) is 1.08. The molecule has 0 spiro atoms. The SMILES string of the molecule is Cc1ccc(C(=O)NC2CCCCCC2Br)o1. The Balaban J connectivity index is 1.97.